The van der Waals surface area contributed by atoms with Gasteiger partial charge in [-0.25, -0.2) is 14.2 Å². The van der Waals surface area contributed by atoms with Crippen molar-refractivity contribution in [3.8, 4) is 35.0 Å². The molecule has 0 saturated carbocycles. The summed E-state index contributed by atoms with van der Waals surface area (Å²) in [5.41, 5.74) is -2.00. The molecular weight excluding hydrogens is 523 g/mol. The molecule has 0 amide bonds. The molecule has 2 aromatic carbocycles. The molecule has 38 heavy (non-hydrogen) atoms. The van der Waals surface area contributed by atoms with Gasteiger partial charge in [-0.1, -0.05) is 17.6 Å². The third-order valence-electron chi connectivity index (χ3n) is 5.93. The van der Waals surface area contributed by atoms with Crippen LogP contribution in [0.1, 0.15) is 18.2 Å². The number of benzene rings is 2. The van der Waals surface area contributed by atoms with Crippen LogP contribution in [-0.4, -0.2) is 30.7 Å². The summed E-state index contributed by atoms with van der Waals surface area (Å²) in [7, 11) is 0.934. The number of terminal acetylenes is 1. The number of aryl methyl sites for hydroxylation is 1. The molecule has 0 radical (unpaired) electrons. The number of nitrogens with zero attached hydrogens (tertiary/aromatic N) is 3. The number of alkyl halides is 3. The lowest BCUT2D eigenvalue weighted by Gasteiger charge is -2.20. The van der Waals surface area contributed by atoms with Crippen LogP contribution < -0.4 is 16.0 Å². The number of fused-ring (bicyclic) bond motifs is 1. The van der Waals surface area contributed by atoms with Crippen LogP contribution in [0.3, 0.4) is 0 Å². The molecule has 0 spiro atoms. The first-order valence-electron chi connectivity index (χ1n) is 11.1. The number of aliphatic carboxylic acids is 1. The molecule has 2 aromatic heterocycles. The fourth-order valence-electron chi connectivity index (χ4n) is 3.92. The molecule has 2 unspecified atom stereocenters. The zero-order valence-corrected chi connectivity index (χ0v) is 21.1. The Morgan fingerprint density at radius 1 is 1.18 bits per heavy atom. The Labute approximate surface area is 217 Å². The van der Waals surface area contributed by atoms with Crippen LogP contribution in [-0.2, 0) is 18.0 Å². The summed E-state index contributed by atoms with van der Waals surface area (Å²) in [6, 6.07) is 9.91. The average molecular weight is 544 g/mol. The molecular formula is C26H20F3N3O5S. The van der Waals surface area contributed by atoms with Gasteiger partial charge in [0, 0.05) is 24.1 Å². The van der Waals surface area contributed by atoms with Crippen molar-refractivity contribution >= 4 is 27.6 Å². The number of carbonyl (C=O) groups is 1. The van der Waals surface area contributed by atoms with Gasteiger partial charge in [0.2, 0.25) is 6.10 Å². The Morgan fingerprint density at radius 2 is 1.89 bits per heavy atom. The van der Waals surface area contributed by atoms with Gasteiger partial charge < -0.3 is 9.84 Å². The van der Waals surface area contributed by atoms with Gasteiger partial charge >= 0.3 is 17.8 Å². The van der Waals surface area contributed by atoms with E-state index in [4.69, 9.17) is 11.2 Å². The van der Waals surface area contributed by atoms with Crippen molar-refractivity contribution in [3.05, 3.63) is 74.6 Å². The molecule has 4 rings (SSSR count). The summed E-state index contributed by atoms with van der Waals surface area (Å²) in [5, 5.41) is 10.1. The molecule has 0 bridgehead atoms. The molecule has 0 fully saturated rings. The van der Waals surface area contributed by atoms with Gasteiger partial charge in [-0.15, -0.1) is 6.42 Å². The molecule has 0 aliphatic carbocycles. The van der Waals surface area contributed by atoms with E-state index in [1.54, 1.807) is 31.2 Å². The first-order valence-corrected chi connectivity index (χ1v) is 11.9. The minimum absolute atomic E-state index is 0.0396. The lowest BCUT2D eigenvalue weighted by atomic mass is 10.0. The van der Waals surface area contributed by atoms with Crippen LogP contribution in [0.5, 0.6) is 5.75 Å². The third kappa shape index (κ3) is 4.80. The number of rotatable bonds is 6. The quantitative estimate of drug-likeness (QED) is 0.365. The number of aromatic nitrogens is 3. The second-order valence-corrected chi connectivity index (χ2v) is 9.39. The second-order valence-electron chi connectivity index (χ2n) is 8.59. The fourth-order valence-corrected chi connectivity index (χ4v) is 4.69. The van der Waals surface area contributed by atoms with E-state index in [0.717, 1.165) is 24.1 Å². The molecule has 0 aliphatic rings. The van der Waals surface area contributed by atoms with Crippen molar-refractivity contribution in [1.82, 2.24) is 13.5 Å². The van der Waals surface area contributed by atoms with Gasteiger partial charge in [-0.3, -0.25) is 9.36 Å². The highest BCUT2D eigenvalue weighted by atomic mass is 32.1. The van der Waals surface area contributed by atoms with Crippen molar-refractivity contribution < 1.29 is 27.8 Å². The number of halogens is 3. The smallest absolute Gasteiger partial charge is 0.431 e. The molecule has 2 atom stereocenters. The van der Waals surface area contributed by atoms with E-state index in [9.17, 15) is 32.7 Å². The minimum atomic E-state index is -4.88. The van der Waals surface area contributed by atoms with Crippen molar-refractivity contribution in [2.75, 3.05) is 0 Å². The van der Waals surface area contributed by atoms with E-state index < -0.39 is 41.1 Å². The van der Waals surface area contributed by atoms with E-state index in [1.807, 2.05) is 6.92 Å². The SMILES string of the molecule is C#CC(C)C(Oc1ccc(C)cc1-c1nsc2ccc(-n3c(=O)cc(C(F)(F)F)n(C)c3=O)cc12)C(=O)O. The minimum Gasteiger partial charge on any atom is -0.478 e. The molecule has 196 valence electrons. The number of hydrogen-bond acceptors (Lipinski definition) is 6. The number of hydrogen-bond donors (Lipinski definition) is 1. The maximum absolute atomic E-state index is 13.3. The molecule has 0 saturated heterocycles. The fraction of sp³-hybridized carbons (Fsp3) is 0.231. The Bertz CT molecular complexity index is 1730. The predicted molar refractivity (Wildman–Crippen MR) is 136 cm³/mol. The van der Waals surface area contributed by atoms with E-state index in [1.165, 1.54) is 12.1 Å². The lowest BCUT2D eigenvalue weighted by molar-refractivity contribution is -0.146. The Kier molecular flexibility index (Phi) is 6.90. The normalized spacial score (nSPS) is 13.2. The number of carboxylic acids is 1. The average Bonchev–Trinajstić information content (AvgIpc) is 3.27. The molecule has 1 N–H and O–H groups in total. The van der Waals surface area contributed by atoms with Crippen LogP contribution >= 0.6 is 11.5 Å². The maximum atomic E-state index is 13.3. The van der Waals surface area contributed by atoms with Crippen molar-refractivity contribution in [2.24, 2.45) is 13.0 Å². The van der Waals surface area contributed by atoms with Crippen molar-refractivity contribution in [3.63, 3.8) is 0 Å². The summed E-state index contributed by atoms with van der Waals surface area (Å²) in [5.74, 6) is 0.569. The van der Waals surface area contributed by atoms with Gasteiger partial charge in [0.05, 0.1) is 22.0 Å². The summed E-state index contributed by atoms with van der Waals surface area (Å²) in [6.07, 6.45) is -0.805. The highest BCUT2D eigenvalue weighted by Gasteiger charge is 2.35. The van der Waals surface area contributed by atoms with Crippen molar-refractivity contribution in [2.45, 2.75) is 26.1 Å². The van der Waals surface area contributed by atoms with Gasteiger partial charge in [0.15, 0.2) is 0 Å². The van der Waals surface area contributed by atoms with E-state index in [-0.39, 0.29) is 11.4 Å². The Morgan fingerprint density at radius 3 is 2.53 bits per heavy atom. The van der Waals surface area contributed by atoms with E-state index >= 15 is 0 Å². The Hall–Kier alpha value is -4.37. The lowest BCUT2D eigenvalue weighted by Crippen LogP contribution is -2.40. The molecule has 12 heteroatoms. The highest BCUT2D eigenvalue weighted by molar-refractivity contribution is 7.13. The van der Waals surface area contributed by atoms with Crippen LogP contribution in [0.2, 0.25) is 0 Å². The van der Waals surface area contributed by atoms with E-state index in [2.05, 4.69) is 10.3 Å². The summed E-state index contributed by atoms with van der Waals surface area (Å²) in [4.78, 5) is 37.2. The van der Waals surface area contributed by atoms with Gasteiger partial charge in [0.25, 0.3) is 5.56 Å². The summed E-state index contributed by atoms with van der Waals surface area (Å²) >= 11 is 1.11. The Balaban J connectivity index is 1.90. The van der Waals surface area contributed by atoms with Crippen molar-refractivity contribution in [1.29, 1.82) is 0 Å². The van der Waals surface area contributed by atoms with E-state index in [0.29, 0.717) is 36.5 Å². The third-order valence-corrected chi connectivity index (χ3v) is 6.75. The monoisotopic (exact) mass is 543 g/mol. The van der Waals surface area contributed by atoms with Gasteiger partial charge in [-0.05, 0) is 55.7 Å². The molecule has 2 heterocycles. The number of carboxylic acid groups (broad SMARTS) is 1. The van der Waals surface area contributed by atoms with Crippen LogP contribution in [0.25, 0.3) is 27.0 Å². The second kappa shape index (κ2) is 9.83. The largest absolute Gasteiger partial charge is 0.478 e. The topological polar surface area (TPSA) is 103 Å². The molecule has 4 aromatic rings. The zero-order valence-electron chi connectivity index (χ0n) is 20.2. The maximum Gasteiger partial charge on any atom is 0.431 e. The van der Waals surface area contributed by atoms with Crippen LogP contribution in [0, 0.1) is 25.2 Å². The standard InChI is InChI=1S/C26H20F3N3O5S/c1-5-14(3)23(24(34)35)37-18-8-6-13(2)10-16(18)22-17-11-15(7-9-19(17)38-30-22)32-21(33)12-20(26(27,28)29)31(4)25(32)36/h1,6-12,14,23H,2-4H3,(H,34,35). The van der Waals surface area contributed by atoms with Crippen LogP contribution in [0.4, 0.5) is 13.2 Å². The summed E-state index contributed by atoms with van der Waals surface area (Å²) < 4.78 is 51.7. The van der Waals surface area contributed by atoms with Crippen LogP contribution in [0.15, 0.2) is 52.1 Å². The first-order chi connectivity index (χ1) is 17.8. The van der Waals surface area contributed by atoms with Gasteiger partial charge in [0.1, 0.15) is 11.4 Å². The highest BCUT2D eigenvalue weighted by Crippen LogP contribution is 2.38. The zero-order chi connectivity index (χ0) is 27.9. The van der Waals surface area contributed by atoms with Gasteiger partial charge in [-0.2, -0.15) is 17.5 Å². The first kappa shape index (κ1) is 26.7. The number of ether oxygens (including phenoxy) is 1. The summed E-state index contributed by atoms with van der Waals surface area (Å²) in [6.45, 7) is 3.36. The molecule has 8 nitrogen and oxygen atoms in total. The molecule has 0 aliphatic heterocycles. The predicted octanol–water partition coefficient (Wildman–Crippen LogP) is 4.24.